The molecule has 7 nitrogen and oxygen atoms in total. The second kappa shape index (κ2) is 8.74. The van der Waals surface area contributed by atoms with Gasteiger partial charge in [0, 0.05) is 25.2 Å². The molecule has 1 saturated carbocycles. The van der Waals surface area contributed by atoms with Gasteiger partial charge in [-0.15, -0.1) is 0 Å². The van der Waals surface area contributed by atoms with Crippen molar-refractivity contribution in [2.75, 3.05) is 25.5 Å². The van der Waals surface area contributed by atoms with Gasteiger partial charge in [-0.2, -0.15) is 32.8 Å². The molecule has 1 N–H and O–H groups in total. The molecular weight excluding hydrogens is 495 g/mol. The molecule has 1 aliphatic heterocycles. The summed E-state index contributed by atoms with van der Waals surface area (Å²) in [6.45, 7) is 2.79. The van der Waals surface area contributed by atoms with E-state index in [1.165, 1.54) is 0 Å². The Labute approximate surface area is 202 Å². The summed E-state index contributed by atoms with van der Waals surface area (Å²) in [5.41, 5.74) is -1.05. The molecule has 2 aromatic heterocycles. The average Bonchev–Trinajstić information content (AvgIpc) is 3.43. The van der Waals surface area contributed by atoms with Gasteiger partial charge in [-0.3, -0.25) is 0 Å². The maximum atomic E-state index is 15.3. The van der Waals surface area contributed by atoms with E-state index in [0.29, 0.717) is 11.8 Å². The number of rotatable bonds is 5. The highest BCUT2D eigenvalue weighted by molar-refractivity contribution is 6.33. The third-order valence-electron chi connectivity index (χ3n) is 6.69. The number of ether oxygens (including phenoxy) is 1. The highest BCUT2D eigenvalue weighted by Gasteiger charge is 2.41. The minimum Gasteiger partial charge on any atom is -0.490 e. The van der Waals surface area contributed by atoms with Gasteiger partial charge in [0.1, 0.15) is 40.7 Å². The van der Waals surface area contributed by atoms with Crippen molar-refractivity contribution in [3.05, 3.63) is 35.2 Å². The Bertz CT molecular complexity index is 1230. The van der Waals surface area contributed by atoms with E-state index in [0.717, 1.165) is 55.8 Å². The molecule has 1 aromatic carbocycles. The molecule has 1 unspecified atom stereocenters. The van der Waals surface area contributed by atoms with Gasteiger partial charge in [0.15, 0.2) is 0 Å². The van der Waals surface area contributed by atoms with Crippen molar-refractivity contribution < 1.29 is 26.7 Å². The lowest BCUT2D eigenvalue weighted by atomic mass is 10.0. The first-order valence-corrected chi connectivity index (χ1v) is 11.5. The van der Waals surface area contributed by atoms with Crippen molar-refractivity contribution in [1.29, 1.82) is 0 Å². The molecule has 5 rings (SSSR count). The fraction of sp³-hybridized carbons (Fsp3) is 0.500. The number of aromatic nitrogens is 4. The number of hydrogen-bond acceptors (Lipinski definition) is 6. The van der Waals surface area contributed by atoms with E-state index in [9.17, 15) is 13.2 Å². The van der Waals surface area contributed by atoms with Crippen LogP contribution in [0.3, 0.4) is 0 Å². The van der Waals surface area contributed by atoms with Gasteiger partial charge < -0.3 is 15.0 Å². The smallest absolute Gasteiger partial charge is 0.408 e. The predicted molar refractivity (Wildman–Crippen MR) is 118 cm³/mol. The number of anilines is 1. The molecule has 0 amide bonds. The molecule has 2 fully saturated rings. The molecule has 2 aliphatic rings. The second-order valence-corrected chi connectivity index (χ2v) is 9.58. The van der Waals surface area contributed by atoms with Gasteiger partial charge in [0.05, 0.1) is 17.2 Å². The van der Waals surface area contributed by atoms with Crippen LogP contribution in [-0.4, -0.2) is 62.9 Å². The van der Waals surface area contributed by atoms with Gasteiger partial charge in [0.25, 0.3) is 5.78 Å². The number of alkyl halides is 3. The van der Waals surface area contributed by atoms with Crippen molar-refractivity contribution in [3.8, 4) is 16.9 Å². The predicted octanol–water partition coefficient (Wildman–Crippen LogP) is 4.80. The molecule has 4 atom stereocenters. The van der Waals surface area contributed by atoms with Gasteiger partial charge in [-0.1, -0.05) is 11.6 Å². The number of nitrogens with zero attached hydrogens (tertiary/aromatic N) is 5. The van der Waals surface area contributed by atoms with Crippen LogP contribution in [-0.2, 0) is 0 Å². The summed E-state index contributed by atoms with van der Waals surface area (Å²) in [5.74, 6) is -1.64. The molecule has 0 bridgehead atoms. The molecule has 13 heteroatoms. The fourth-order valence-corrected chi connectivity index (χ4v) is 5.34. The number of fused-ring (bicyclic) bond motifs is 2. The summed E-state index contributed by atoms with van der Waals surface area (Å²) < 4.78 is 77.3. The normalized spacial score (nSPS) is 23.6. The van der Waals surface area contributed by atoms with Gasteiger partial charge >= 0.3 is 6.18 Å². The van der Waals surface area contributed by atoms with Crippen molar-refractivity contribution in [3.63, 3.8) is 0 Å². The van der Waals surface area contributed by atoms with Crippen LogP contribution in [0.2, 0.25) is 5.15 Å². The van der Waals surface area contributed by atoms with Crippen molar-refractivity contribution in [1.82, 2.24) is 24.5 Å². The van der Waals surface area contributed by atoms with Gasteiger partial charge in [-0.05, 0) is 38.6 Å². The zero-order valence-electron chi connectivity index (χ0n) is 18.8. The summed E-state index contributed by atoms with van der Waals surface area (Å²) in [5, 5.41) is 5.63. The monoisotopic (exact) mass is 516 g/mol. The molecule has 3 aromatic rings. The first-order chi connectivity index (χ1) is 16.5. The standard InChI is InChI=1S/C22H22ClF5N6O/c1-10(22(26,27)28)31-20-18(19(23)32-21-29-9-30-34(20)21)17-15(24)5-14(6-16(17)25)35-13-3-11-7-33(2)8-12(11)4-13/h5-6,9-13,31H,3-4,7-8H2,1-2H3/t10-,11-,12+,13?/m0/s1. The van der Waals surface area contributed by atoms with Crippen LogP contribution in [0.4, 0.5) is 27.8 Å². The van der Waals surface area contributed by atoms with E-state index in [1.807, 2.05) is 0 Å². The van der Waals surface area contributed by atoms with E-state index < -0.39 is 40.1 Å². The van der Waals surface area contributed by atoms with E-state index in [4.69, 9.17) is 16.3 Å². The second-order valence-electron chi connectivity index (χ2n) is 9.22. The summed E-state index contributed by atoms with van der Waals surface area (Å²) in [4.78, 5) is 10.0. The topological polar surface area (TPSA) is 67.6 Å². The Balaban J connectivity index is 1.50. The lowest BCUT2D eigenvalue weighted by Gasteiger charge is -2.22. The Morgan fingerprint density at radius 2 is 1.74 bits per heavy atom. The van der Waals surface area contributed by atoms with Crippen LogP contribution in [0.25, 0.3) is 16.9 Å². The van der Waals surface area contributed by atoms with Crippen LogP contribution in [0.1, 0.15) is 19.8 Å². The van der Waals surface area contributed by atoms with Crippen molar-refractivity contribution in [2.45, 2.75) is 38.1 Å². The van der Waals surface area contributed by atoms with E-state index >= 15 is 8.78 Å². The number of halogens is 6. The number of benzene rings is 1. The minimum absolute atomic E-state index is 0.00571. The quantitative estimate of drug-likeness (QED) is 0.388. The third kappa shape index (κ3) is 4.49. The van der Waals surface area contributed by atoms with Crippen molar-refractivity contribution in [2.24, 2.45) is 11.8 Å². The summed E-state index contributed by atoms with van der Waals surface area (Å²) in [6.07, 6.45) is -2.18. The Hall–Kier alpha value is -2.73. The lowest BCUT2D eigenvalue weighted by molar-refractivity contribution is -0.138. The number of likely N-dealkylation sites (tertiary alicyclic amines) is 1. The Morgan fingerprint density at radius 3 is 2.34 bits per heavy atom. The van der Waals surface area contributed by atoms with E-state index in [2.05, 4.69) is 32.3 Å². The largest absolute Gasteiger partial charge is 0.490 e. The van der Waals surface area contributed by atoms with Crippen LogP contribution < -0.4 is 10.1 Å². The van der Waals surface area contributed by atoms with Crippen LogP contribution in [0, 0.1) is 23.5 Å². The first kappa shape index (κ1) is 24.0. The Morgan fingerprint density at radius 1 is 1.11 bits per heavy atom. The third-order valence-corrected chi connectivity index (χ3v) is 6.96. The molecule has 35 heavy (non-hydrogen) atoms. The summed E-state index contributed by atoms with van der Waals surface area (Å²) >= 11 is 6.20. The summed E-state index contributed by atoms with van der Waals surface area (Å²) in [7, 11) is 2.06. The zero-order chi connectivity index (χ0) is 25.1. The molecule has 1 aliphatic carbocycles. The van der Waals surface area contributed by atoms with E-state index in [1.54, 1.807) is 0 Å². The maximum Gasteiger partial charge on any atom is 0.408 e. The van der Waals surface area contributed by atoms with E-state index in [-0.39, 0.29) is 23.4 Å². The van der Waals surface area contributed by atoms with Crippen LogP contribution >= 0.6 is 11.6 Å². The number of hydrogen-bond donors (Lipinski definition) is 1. The Kier molecular flexibility index (Phi) is 5.99. The van der Waals surface area contributed by atoms with Crippen molar-refractivity contribution >= 4 is 23.2 Å². The maximum absolute atomic E-state index is 15.3. The van der Waals surface area contributed by atoms with Gasteiger partial charge in [0.2, 0.25) is 0 Å². The molecule has 188 valence electrons. The fourth-order valence-electron chi connectivity index (χ4n) is 5.08. The molecular formula is C22H22ClF5N6O. The lowest BCUT2D eigenvalue weighted by Crippen LogP contribution is -2.34. The first-order valence-electron chi connectivity index (χ1n) is 11.1. The van der Waals surface area contributed by atoms with Crippen LogP contribution in [0.5, 0.6) is 5.75 Å². The number of nitrogens with one attached hydrogen (secondary N) is 1. The molecule has 1 saturated heterocycles. The minimum atomic E-state index is -4.65. The average molecular weight is 517 g/mol. The molecule has 0 spiro atoms. The molecule has 3 heterocycles. The van der Waals surface area contributed by atoms with Gasteiger partial charge in [-0.25, -0.2) is 8.78 Å². The van der Waals surface area contributed by atoms with Crippen LogP contribution in [0.15, 0.2) is 18.5 Å². The SMILES string of the molecule is C[C@H](Nc1c(-c2c(F)cc(OC3C[C@@H]4CN(C)C[C@@H]4C3)cc2F)c(Cl)nc2ncnn12)C(F)(F)F. The molecule has 0 radical (unpaired) electrons. The zero-order valence-corrected chi connectivity index (χ0v) is 19.5. The summed E-state index contributed by atoms with van der Waals surface area (Å²) in [6, 6.07) is -0.0590. The highest BCUT2D eigenvalue weighted by atomic mass is 35.5. The highest BCUT2D eigenvalue weighted by Crippen LogP contribution is 2.42.